The third-order valence-corrected chi connectivity index (χ3v) is 6.12. The van der Waals surface area contributed by atoms with E-state index >= 15 is 0 Å². The Balaban J connectivity index is 1.40. The molecule has 1 saturated heterocycles. The Morgan fingerprint density at radius 2 is 1.90 bits per heavy atom. The molecule has 160 valence electrons. The summed E-state index contributed by atoms with van der Waals surface area (Å²) in [5.41, 5.74) is 5.02. The lowest BCUT2D eigenvalue weighted by atomic mass is 10.1. The molecule has 2 aromatic carbocycles. The molecule has 1 atom stereocenters. The highest BCUT2D eigenvalue weighted by molar-refractivity contribution is 6.31. The molecule has 1 amide bonds. The van der Waals surface area contributed by atoms with E-state index in [0.29, 0.717) is 13.1 Å². The smallest absolute Gasteiger partial charge is 0.246 e. The summed E-state index contributed by atoms with van der Waals surface area (Å²) in [4.78, 5) is 14.6. The van der Waals surface area contributed by atoms with Crippen molar-refractivity contribution in [2.75, 3.05) is 18.4 Å². The first-order valence-corrected chi connectivity index (χ1v) is 10.9. The van der Waals surface area contributed by atoms with Gasteiger partial charge in [0.15, 0.2) is 0 Å². The molecule has 1 N–H and O–H groups in total. The molecule has 5 nitrogen and oxygen atoms in total. The van der Waals surface area contributed by atoms with Crippen LogP contribution >= 0.6 is 11.6 Å². The minimum absolute atomic E-state index is 0.0371. The Bertz CT molecular complexity index is 1090. The Morgan fingerprint density at radius 1 is 1.16 bits per heavy atom. The van der Waals surface area contributed by atoms with Gasteiger partial charge in [0.1, 0.15) is 0 Å². The van der Waals surface area contributed by atoms with E-state index in [1.807, 2.05) is 72.0 Å². The first-order chi connectivity index (χ1) is 15.0. The largest absolute Gasteiger partial charge is 0.380 e. The van der Waals surface area contributed by atoms with Crippen molar-refractivity contribution in [1.29, 1.82) is 0 Å². The van der Waals surface area contributed by atoms with Gasteiger partial charge in [-0.3, -0.25) is 9.48 Å². The van der Waals surface area contributed by atoms with Gasteiger partial charge < -0.3 is 10.2 Å². The topological polar surface area (TPSA) is 50.2 Å². The third kappa shape index (κ3) is 5.00. The number of hydrogen-bond donors (Lipinski definition) is 1. The Kier molecular flexibility index (Phi) is 6.42. The van der Waals surface area contributed by atoms with Crippen molar-refractivity contribution in [2.45, 2.75) is 32.9 Å². The highest BCUT2D eigenvalue weighted by Gasteiger charge is 2.25. The van der Waals surface area contributed by atoms with Crippen LogP contribution in [0.5, 0.6) is 0 Å². The minimum Gasteiger partial charge on any atom is -0.380 e. The molecule has 0 bridgehead atoms. The van der Waals surface area contributed by atoms with Crippen molar-refractivity contribution >= 4 is 29.3 Å². The van der Waals surface area contributed by atoms with Crippen molar-refractivity contribution in [3.63, 3.8) is 0 Å². The fourth-order valence-corrected chi connectivity index (χ4v) is 4.20. The van der Waals surface area contributed by atoms with Crippen LogP contribution in [0.1, 0.15) is 28.9 Å². The highest BCUT2D eigenvalue weighted by atomic mass is 35.5. The van der Waals surface area contributed by atoms with Gasteiger partial charge in [-0.1, -0.05) is 48.0 Å². The van der Waals surface area contributed by atoms with Gasteiger partial charge in [0, 0.05) is 47.2 Å². The monoisotopic (exact) mass is 434 g/mol. The molecule has 0 aliphatic carbocycles. The summed E-state index contributed by atoms with van der Waals surface area (Å²) in [6, 6.07) is 18.2. The minimum atomic E-state index is 0.0371. The first-order valence-electron chi connectivity index (χ1n) is 10.6. The summed E-state index contributed by atoms with van der Waals surface area (Å²) in [7, 11) is 0. The van der Waals surface area contributed by atoms with Crippen molar-refractivity contribution < 1.29 is 4.79 Å². The molecule has 0 radical (unpaired) electrons. The van der Waals surface area contributed by atoms with E-state index < -0.39 is 0 Å². The van der Waals surface area contributed by atoms with E-state index in [1.165, 1.54) is 0 Å². The SMILES string of the molecule is Cc1nn(Cc2ccccc2Cl)c(C)c1/C=C/C(=O)N1CCC(Nc2ccccc2)C1. The van der Waals surface area contributed by atoms with Crippen molar-refractivity contribution in [3.05, 3.63) is 88.2 Å². The fourth-order valence-electron chi connectivity index (χ4n) is 4.00. The number of likely N-dealkylation sites (tertiary alicyclic amines) is 1. The normalized spacial score (nSPS) is 16.2. The average molecular weight is 435 g/mol. The fraction of sp³-hybridized carbons (Fsp3) is 0.280. The van der Waals surface area contributed by atoms with Crippen LogP contribution in [-0.4, -0.2) is 39.7 Å². The maximum Gasteiger partial charge on any atom is 0.246 e. The number of halogens is 1. The molecular weight excluding hydrogens is 408 g/mol. The molecule has 4 rings (SSSR count). The number of anilines is 1. The number of amides is 1. The van der Waals surface area contributed by atoms with Crippen LogP contribution in [-0.2, 0) is 11.3 Å². The predicted molar refractivity (Wildman–Crippen MR) is 126 cm³/mol. The summed E-state index contributed by atoms with van der Waals surface area (Å²) in [5.74, 6) is 0.0371. The summed E-state index contributed by atoms with van der Waals surface area (Å²) >= 11 is 6.30. The lowest BCUT2D eigenvalue weighted by Gasteiger charge is -2.16. The molecule has 6 heteroatoms. The Morgan fingerprint density at radius 3 is 2.68 bits per heavy atom. The molecule has 1 unspecified atom stereocenters. The van der Waals surface area contributed by atoms with E-state index in [4.69, 9.17) is 11.6 Å². The summed E-state index contributed by atoms with van der Waals surface area (Å²) < 4.78 is 1.94. The number of benzene rings is 2. The quantitative estimate of drug-likeness (QED) is 0.560. The van der Waals surface area contributed by atoms with Gasteiger partial charge in [0.25, 0.3) is 0 Å². The molecule has 1 aliphatic heterocycles. The summed E-state index contributed by atoms with van der Waals surface area (Å²) in [5, 5.41) is 8.89. The van der Waals surface area contributed by atoms with Crippen LogP contribution in [0.15, 0.2) is 60.7 Å². The van der Waals surface area contributed by atoms with Gasteiger partial charge in [-0.25, -0.2) is 0 Å². The molecular formula is C25H27ClN4O. The predicted octanol–water partition coefficient (Wildman–Crippen LogP) is 4.93. The van der Waals surface area contributed by atoms with Crippen LogP contribution in [0, 0.1) is 13.8 Å². The highest BCUT2D eigenvalue weighted by Crippen LogP contribution is 2.21. The van der Waals surface area contributed by atoms with E-state index in [2.05, 4.69) is 22.5 Å². The van der Waals surface area contributed by atoms with Gasteiger partial charge in [0.2, 0.25) is 5.91 Å². The number of nitrogens with zero attached hydrogens (tertiary/aromatic N) is 3. The molecule has 2 heterocycles. The lowest BCUT2D eigenvalue weighted by Crippen LogP contribution is -2.30. The van der Waals surface area contributed by atoms with Gasteiger partial charge in [0.05, 0.1) is 12.2 Å². The van der Waals surface area contributed by atoms with E-state index in [-0.39, 0.29) is 11.9 Å². The van der Waals surface area contributed by atoms with E-state index in [9.17, 15) is 4.79 Å². The number of hydrogen-bond acceptors (Lipinski definition) is 3. The van der Waals surface area contributed by atoms with Crippen LogP contribution in [0.2, 0.25) is 5.02 Å². The maximum atomic E-state index is 12.7. The molecule has 1 aliphatic rings. The van der Waals surface area contributed by atoms with Crippen LogP contribution in [0.3, 0.4) is 0 Å². The molecule has 31 heavy (non-hydrogen) atoms. The van der Waals surface area contributed by atoms with Crippen molar-refractivity contribution in [3.8, 4) is 0 Å². The molecule has 1 aromatic heterocycles. The number of rotatable bonds is 6. The van der Waals surface area contributed by atoms with Crippen molar-refractivity contribution in [2.24, 2.45) is 0 Å². The molecule has 0 saturated carbocycles. The second-order valence-corrected chi connectivity index (χ2v) is 8.35. The number of aromatic nitrogens is 2. The number of carbonyl (C=O) groups is 1. The zero-order valence-electron chi connectivity index (χ0n) is 17.9. The van der Waals surface area contributed by atoms with Crippen LogP contribution in [0.25, 0.3) is 6.08 Å². The van der Waals surface area contributed by atoms with Gasteiger partial charge >= 0.3 is 0 Å². The third-order valence-electron chi connectivity index (χ3n) is 5.75. The number of carbonyl (C=O) groups excluding carboxylic acids is 1. The maximum absolute atomic E-state index is 12.7. The van der Waals surface area contributed by atoms with Gasteiger partial charge in [-0.2, -0.15) is 5.10 Å². The molecule has 0 spiro atoms. The van der Waals surface area contributed by atoms with E-state index in [0.717, 1.165) is 46.2 Å². The second kappa shape index (κ2) is 9.40. The zero-order chi connectivity index (χ0) is 21.8. The van der Waals surface area contributed by atoms with E-state index in [1.54, 1.807) is 6.08 Å². The van der Waals surface area contributed by atoms with Crippen LogP contribution < -0.4 is 5.32 Å². The number of nitrogens with one attached hydrogen (secondary N) is 1. The number of para-hydroxylation sites is 1. The van der Waals surface area contributed by atoms with Gasteiger partial charge in [-0.15, -0.1) is 0 Å². The zero-order valence-corrected chi connectivity index (χ0v) is 18.6. The Labute approximate surface area is 188 Å². The summed E-state index contributed by atoms with van der Waals surface area (Å²) in [6.07, 6.45) is 4.51. The molecule has 3 aromatic rings. The second-order valence-electron chi connectivity index (χ2n) is 7.95. The molecule has 1 fully saturated rings. The first kappa shape index (κ1) is 21.2. The average Bonchev–Trinajstić information content (AvgIpc) is 3.33. The van der Waals surface area contributed by atoms with Crippen molar-refractivity contribution in [1.82, 2.24) is 14.7 Å². The number of aryl methyl sites for hydroxylation is 1. The van der Waals surface area contributed by atoms with Gasteiger partial charge in [-0.05, 0) is 50.1 Å². The van der Waals surface area contributed by atoms with Crippen LogP contribution in [0.4, 0.5) is 5.69 Å². The standard InChI is InChI=1S/C25H27ClN4O/c1-18-23(19(2)30(28-18)16-20-8-6-7-11-24(20)26)12-13-25(31)29-15-14-22(17-29)27-21-9-4-3-5-10-21/h3-13,22,27H,14-17H2,1-2H3/b13-12+. The summed E-state index contributed by atoms with van der Waals surface area (Å²) in [6.45, 7) is 6.07. The Hall–Kier alpha value is -3.05. The lowest BCUT2D eigenvalue weighted by molar-refractivity contribution is -0.124.